The van der Waals surface area contributed by atoms with Crippen molar-refractivity contribution in [3.63, 3.8) is 0 Å². The van der Waals surface area contributed by atoms with Crippen molar-refractivity contribution in [2.24, 2.45) is 0 Å². The number of aromatic nitrogens is 2. The Labute approximate surface area is 231 Å². The normalized spacial score (nSPS) is 18.7. The standard InChI is InChI=1S/C31H39N7O/c1-4-36-15-17-37(18-16-36)21-23-13-14-24(19-22(23)2)33-31-32-20-28-29(34-31)38(25-9-5-6-10-25)27-12-8-7-11-26(27)30(39)35(28)3/h7-8,11-14,19-20,25H,4-6,9-10,15-18,21H2,1-3H3,(H,32,33,34). The van der Waals surface area contributed by atoms with Gasteiger partial charge in [0.1, 0.15) is 5.69 Å². The van der Waals surface area contributed by atoms with E-state index in [1.54, 1.807) is 11.1 Å². The Balaban J connectivity index is 1.27. The Morgan fingerprint density at radius 1 is 0.974 bits per heavy atom. The Hall–Kier alpha value is -3.49. The molecule has 1 saturated heterocycles. The first-order valence-electron chi connectivity index (χ1n) is 14.4. The number of rotatable bonds is 6. The molecule has 1 aromatic heterocycles. The van der Waals surface area contributed by atoms with Crippen molar-refractivity contribution in [3.05, 3.63) is 65.4 Å². The third kappa shape index (κ3) is 5.11. The van der Waals surface area contributed by atoms with E-state index in [4.69, 9.17) is 4.98 Å². The molecule has 1 aliphatic carbocycles. The van der Waals surface area contributed by atoms with Gasteiger partial charge in [-0.15, -0.1) is 0 Å². The van der Waals surface area contributed by atoms with Crippen molar-refractivity contribution >= 4 is 34.7 Å². The maximum absolute atomic E-state index is 13.4. The van der Waals surface area contributed by atoms with Gasteiger partial charge in [-0.1, -0.05) is 38.0 Å². The van der Waals surface area contributed by atoms with Crippen LogP contribution in [0.4, 0.5) is 28.8 Å². The maximum atomic E-state index is 13.4. The van der Waals surface area contributed by atoms with Gasteiger partial charge in [0.2, 0.25) is 5.95 Å². The lowest BCUT2D eigenvalue weighted by Crippen LogP contribution is -2.45. The molecule has 2 aliphatic heterocycles. The summed E-state index contributed by atoms with van der Waals surface area (Å²) in [7, 11) is 1.82. The second kappa shape index (κ2) is 10.9. The van der Waals surface area contributed by atoms with Crippen LogP contribution in [0.2, 0.25) is 0 Å². The number of benzene rings is 2. The largest absolute Gasteiger partial charge is 0.324 e. The molecule has 0 bridgehead atoms. The third-order valence-corrected chi connectivity index (χ3v) is 8.63. The Kier molecular flexibility index (Phi) is 7.23. The van der Waals surface area contributed by atoms with E-state index < -0.39 is 0 Å². The van der Waals surface area contributed by atoms with Crippen LogP contribution in [0.3, 0.4) is 0 Å². The van der Waals surface area contributed by atoms with Crippen molar-refractivity contribution < 1.29 is 4.79 Å². The molecule has 1 amide bonds. The van der Waals surface area contributed by atoms with E-state index in [9.17, 15) is 4.79 Å². The zero-order chi connectivity index (χ0) is 26.9. The summed E-state index contributed by atoms with van der Waals surface area (Å²) in [5, 5.41) is 3.45. The lowest BCUT2D eigenvalue weighted by atomic mass is 10.1. The van der Waals surface area contributed by atoms with Crippen LogP contribution in [0.5, 0.6) is 0 Å². The minimum Gasteiger partial charge on any atom is -0.324 e. The first-order valence-corrected chi connectivity index (χ1v) is 14.4. The van der Waals surface area contributed by atoms with Gasteiger partial charge in [0.25, 0.3) is 5.91 Å². The second-order valence-corrected chi connectivity index (χ2v) is 11.1. The minimum atomic E-state index is -0.0287. The van der Waals surface area contributed by atoms with Crippen LogP contribution in [-0.4, -0.2) is 71.5 Å². The number of nitrogens with zero attached hydrogens (tertiary/aromatic N) is 6. The maximum Gasteiger partial charge on any atom is 0.260 e. The molecule has 0 spiro atoms. The van der Waals surface area contributed by atoms with Gasteiger partial charge in [-0.05, 0) is 61.7 Å². The fourth-order valence-corrected chi connectivity index (χ4v) is 6.23. The molecule has 8 heteroatoms. The average molecular weight is 526 g/mol. The van der Waals surface area contributed by atoms with Crippen LogP contribution in [-0.2, 0) is 6.54 Å². The molecule has 0 atom stereocenters. The van der Waals surface area contributed by atoms with Crippen molar-refractivity contribution in [2.45, 2.75) is 52.1 Å². The number of carbonyl (C=O) groups is 1. The number of piperazine rings is 1. The highest BCUT2D eigenvalue weighted by atomic mass is 16.2. The molecule has 2 fully saturated rings. The van der Waals surface area contributed by atoms with E-state index in [0.29, 0.717) is 17.6 Å². The summed E-state index contributed by atoms with van der Waals surface area (Å²) in [6.45, 7) is 11.1. The Bertz CT molecular complexity index is 1340. The molecule has 39 heavy (non-hydrogen) atoms. The number of hydrogen-bond donors (Lipinski definition) is 1. The number of amides is 1. The quantitative estimate of drug-likeness (QED) is 0.466. The number of fused-ring (bicyclic) bond motifs is 2. The molecule has 8 nitrogen and oxygen atoms in total. The van der Waals surface area contributed by atoms with Gasteiger partial charge >= 0.3 is 0 Å². The van der Waals surface area contributed by atoms with Crippen LogP contribution < -0.4 is 15.1 Å². The van der Waals surface area contributed by atoms with Crippen molar-refractivity contribution in [1.82, 2.24) is 19.8 Å². The van der Waals surface area contributed by atoms with Gasteiger partial charge in [0, 0.05) is 51.5 Å². The van der Waals surface area contributed by atoms with E-state index in [1.807, 2.05) is 31.3 Å². The number of nitrogens with one attached hydrogen (secondary N) is 1. The number of para-hydroxylation sites is 1. The average Bonchev–Trinajstić information content (AvgIpc) is 3.47. The zero-order valence-corrected chi connectivity index (χ0v) is 23.4. The summed E-state index contributed by atoms with van der Waals surface area (Å²) in [6, 6.07) is 14.8. The molecule has 2 aromatic carbocycles. The van der Waals surface area contributed by atoms with E-state index in [2.05, 4.69) is 57.0 Å². The van der Waals surface area contributed by atoms with Gasteiger partial charge in [-0.2, -0.15) is 4.98 Å². The molecule has 1 N–H and O–H groups in total. The zero-order valence-electron chi connectivity index (χ0n) is 23.4. The first-order chi connectivity index (χ1) is 19.0. The number of carbonyl (C=O) groups excluding carboxylic acids is 1. The van der Waals surface area contributed by atoms with Crippen molar-refractivity contribution in [2.75, 3.05) is 54.9 Å². The Morgan fingerprint density at radius 3 is 2.46 bits per heavy atom. The summed E-state index contributed by atoms with van der Waals surface area (Å²) in [5.74, 6) is 1.30. The fourth-order valence-electron chi connectivity index (χ4n) is 6.23. The monoisotopic (exact) mass is 525 g/mol. The molecular formula is C31H39N7O. The van der Waals surface area contributed by atoms with Crippen LogP contribution in [0.1, 0.15) is 54.1 Å². The summed E-state index contributed by atoms with van der Waals surface area (Å²) < 4.78 is 0. The van der Waals surface area contributed by atoms with Gasteiger partial charge in [-0.25, -0.2) is 4.98 Å². The second-order valence-electron chi connectivity index (χ2n) is 11.1. The highest BCUT2D eigenvalue weighted by Gasteiger charge is 2.35. The molecular weight excluding hydrogens is 486 g/mol. The first kappa shape index (κ1) is 25.8. The number of hydrogen-bond acceptors (Lipinski definition) is 7. The van der Waals surface area contributed by atoms with Gasteiger partial charge in [0.05, 0.1) is 17.4 Å². The molecule has 3 heterocycles. The SMILES string of the molecule is CCN1CCN(Cc2ccc(Nc3ncc4c(n3)N(C3CCCC3)c3ccccc3C(=O)N4C)cc2C)CC1. The van der Waals surface area contributed by atoms with Crippen LogP contribution >= 0.6 is 0 Å². The topological polar surface area (TPSA) is 67.8 Å². The lowest BCUT2D eigenvalue weighted by molar-refractivity contribution is 0.0994. The summed E-state index contributed by atoms with van der Waals surface area (Å²) in [4.78, 5) is 32.1. The number of likely N-dealkylation sites (N-methyl/N-ethyl adjacent to an activating group) is 1. The summed E-state index contributed by atoms with van der Waals surface area (Å²) in [5.41, 5.74) is 5.98. The van der Waals surface area contributed by atoms with E-state index >= 15 is 0 Å². The minimum absolute atomic E-state index is 0.0287. The molecule has 6 rings (SSSR count). The van der Waals surface area contributed by atoms with Crippen molar-refractivity contribution in [3.8, 4) is 0 Å². The van der Waals surface area contributed by atoms with E-state index in [0.717, 1.165) is 75.0 Å². The predicted octanol–water partition coefficient (Wildman–Crippen LogP) is 5.34. The highest BCUT2D eigenvalue weighted by molar-refractivity contribution is 6.13. The van der Waals surface area contributed by atoms with Gasteiger partial charge < -0.3 is 20.0 Å². The van der Waals surface area contributed by atoms with E-state index in [1.165, 1.54) is 24.0 Å². The highest BCUT2D eigenvalue weighted by Crippen LogP contribution is 2.43. The summed E-state index contributed by atoms with van der Waals surface area (Å²) >= 11 is 0. The number of anilines is 5. The van der Waals surface area contributed by atoms with Gasteiger partial charge in [-0.3, -0.25) is 9.69 Å². The van der Waals surface area contributed by atoms with Crippen LogP contribution in [0.25, 0.3) is 0 Å². The van der Waals surface area contributed by atoms with Gasteiger partial charge in [0.15, 0.2) is 5.82 Å². The Morgan fingerprint density at radius 2 is 1.72 bits per heavy atom. The third-order valence-electron chi connectivity index (χ3n) is 8.63. The number of aryl methyl sites for hydroxylation is 1. The van der Waals surface area contributed by atoms with E-state index in [-0.39, 0.29) is 5.91 Å². The molecule has 3 aromatic rings. The molecule has 0 radical (unpaired) electrons. The smallest absolute Gasteiger partial charge is 0.260 e. The molecule has 0 unspecified atom stereocenters. The fraction of sp³-hybridized carbons (Fsp3) is 0.452. The van der Waals surface area contributed by atoms with Crippen molar-refractivity contribution in [1.29, 1.82) is 0 Å². The lowest BCUT2D eigenvalue weighted by Gasteiger charge is -2.34. The predicted molar refractivity (Wildman–Crippen MR) is 157 cm³/mol. The van der Waals surface area contributed by atoms with Crippen LogP contribution in [0.15, 0.2) is 48.7 Å². The molecule has 3 aliphatic rings. The molecule has 204 valence electrons. The van der Waals surface area contributed by atoms with Crippen LogP contribution in [0, 0.1) is 6.92 Å². The summed E-state index contributed by atoms with van der Waals surface area (Å²) in [6.07, 6.45) is 6.35. The molecule has 1 saturated carbocycles.